The number of hydrogen-bond acceptors (Lipinski definition) is 6. The van der Waals surface area contributed by atoms with Crippen LogP contribution in [-0.2, 0) is 9.53 Å². The second-order valence-electron chi connectivity index (χ2n) is 2.73. The Bertz CT molecular complexity index is 420. The summed E-state index contributed by atoms with van der Waals surface area (Å²) in [4.78, 5) is 20.3. The van der Waals surface area contributed by atoms with Crippen molar-refractivity contribution in [1.29, 1.82) is 0 Å². The van der Waals surface area contributed by atoms with Gasteiger partial charge in [-0.3, -0.25) is 4.98 Å². The van der Waals surface area contributed by atoms with Crippen molar-refractivity contribution >= 4 is 29.4 Å². The summed E-state index contributed by atoms with van der Waals surface area (Å²) in [5, 5.41) is 0. The number of nitrogens with zero attached hydrogens (tertiary/aromatic N) is 2. The molecule has 1 aliphatic rings. The first-order valence-electron chi connectivity index (χ1n) is 4.44. The van der Waals surface area contributed by atoms with Gasteiger partial charge in [0, 0.05) is 12.4 Å². The standard InChI is InChI=1S/C9H9N3O2S/c1-2-14-9(13)8-11-6-3-4-10-5-7(6)15-12-8/h3-5H,2H2,1H3,(H,11,12). The predicted molar refractivity (Wildman–Crippen MR) is 57.0 cm³/mol. The number of carbonyl (C=O) groups excluding carboxylic acids is 1. The molecule has 0 amide bonds. The van der Waals surface area contributed by atoms with E-state index in [1.807, 2.05) is 0 Å². The Labute approximate surface area is 91.1 Å². The lowest BCUT2D eigenvalue weighted by molar-refractivity contribution is -0.135. The summed E-state index contributed by atoms with van der Waals surface area (Å²) in [5.41, 5.74) is 0.733. The molecule has 0 radical (unpaired) electrons. The SMILES string of the molecule is CCOC(=O)C1=Nc2ccncc2SN1. The quantitative estimate of drug-likeness (QED) is 0.604. The molecule has 2 rings (SSSR count). The molecule has 5 nitrogen and oxygen atoms in total. The van der Waals surface area contributed by atoms with Gasteiger partial charge in [0.1, 0.15) is 0 Å². The molecule has 0 atom stereocenters. The molecule has 6 heteroatoms. The van der Waals surface area contributed by atoms with Gasteiger partial charge < -0.3 is 9.46 Å². The van der Waals surface area contributed by atoms with E-state index in [1.165, 1.54) is 11.9 Å². The zero-order valence-corrected chi connectivity index (χ0v) is 8.87. The first-order valence-corrected chi connectivity index (χ1v) is 5.25. The van der Waals surface area contributed by atoms with Gasteiger partial charge in [0.05, 0.1) is 17.2 Å². The lowest BCUT2D eigenvalue weighted by atomic mass is 10.4. The monoisotopic (exact) mass is 223 g/mol. The van der Waals surface area contributed by atoms with E-state index in [0.29, 0.717) is 6.61 Å². The summed E-state index contributed by atoms with van der Waals surface area (Å²) in [6, 6.07) is 1.75. The highest BCUT2D eigenvalue weighted by Gasteiger charge is 2.18. The van der Waals surface area contributed by atoms with Gasteiger partial charge in [-0.1, -0.05) is 0 Å². The van der Waals surface area contributed by atoms with Crippen LogP contribution in [0.4, 0.5) is 5.69 Å². The predicted octanol–water partition coefficient (Wildman–Crippen LogP) is 1.28. The van der Waals surface area contributed by atoms with Crippen molar-refractivity contribution in [3.63, 3.8) is 0 Å². The van der Waals surface area contributed by atoms with Gasteiger partial charge in [0.25, 0.3) is 0 Å². The van der Waals surface area contributed by atoms with Crippen LogP contribution in [0.15, 0.2) is 28.3 Å². The molecule has 0 saturated carbocycles. The van der Waals surface area contributed by atoms with Crippen LogP contribution in [0.3, 0.4) is 0 Å². The Kier molecular flexibility index (Phi) is 2.86. The molecule has 1 aromatic heterocycles. The number of esters is 1. The van der Waals surface area contributed by atoms with Crippen molar-refractivity contribution in [1.82, 2.24) is 9.71 Å². The van der Waals surface area contributed by atoms with Gasteiger partial charge in [0.2, 0.25) is 5.84 Å². The molecular weight excluding hydrogens is 214 g/mol. The van der Waals surface area contributed by atoms with Crippen molar-refractivity contribution in [3.05, 3.63) is 18.5 Å². The molecule has 0 bridgehead atoms. The highest BCUT2D eigenvalue weighted by atomic mass is 32.2. The number of aromatic nitrogens is 1. The molecule has 0 fully saturated rings. The van der Waals surface area contributed by atoms with E-state index in [1.54, 1.807) is 25.4 Å². The van der Waals surface area contributed by atoms with Gasteiger partial charge in [-0.05, 0) is 24.9 Å². The van der Waals surface area contributed by atoms with E-state index in [9.17, 15) is 4.79 Å². The van der Waals surface area contributed by atoms with Crippen LogP contribution in [0, 0.1) is 0 Å². The second kappa shape index (κ2) is 4.31. The van der Waals surface area contributed by atoms with Crippen LogP contribution in [0.25, 0.3) is 0 Å². The maximum absolute atomic E-state index is 11.4. The fraction of sp³-hybridized carbons (Fsp3) is 0.222. The first kappa shape index (κ1) is 9.97. The molecule has 1 aromatic rings. The molecule has 15 heavy (non-hydrogen) atoms. The minimum atomic E-state index is -0.438. The van der Waals surface area contributed by atoms with E-state index in [0.717, 1.165) is 10.6 Å². The minimum absolute atomic E-state index is 0.223. The Balaban J connectivity index is 2.25. The Hall–Kier alpha value is -1.56. The third-order valence-electron chi connectivity index (χ3n) is 1.72. The Morgan fingerprint density at radius 3 is 3.33 bits per heavy atom. The Morgan fingerprint density at radius 1 is 1.67 bits per heavy atom. The molecule has 2 heterocycles. The molecule has 0 spiro atoms. The average molecular weight is 223 g/mol. The van der Waals surface area contributed by atoms with Crippen LogP contribution in [0.1, 0.15) is 6.92 Å². The summed E-state index contributed by atoms with van der Waals surface area (Å²) in [6.45, 7) is 2.10. The largest absolute Gasteiger partial charge is 0.460 e. The minimum Gasteiger partial charge on any atom is -0.460 e. The number of pyridine rings is 1. The number of carbonyl (C=O) groups is 1. The summed E-state index contributed by atoms with van der Waals surface area (Å²) in [6.07, 6.45) is 3.33. The number of ether oxygens (including phenoxy) is 1. The van der Waals surface area contributed by atoms with Crippen molar-refractivity contribution < 1.29 is 9.53 Å². The third-order valence-corrected chi connectivity index (χ3v) is 2.55. The van der Waals surface area contributed by atoms with E-state index >= 15 is 0 Å². The fourth-order valence-electron chi connectivity index (χ4n) is 1.08. The maximum atomic E-state index is 11.4. The number of nitrogens with one attached hydrogen (secondary N) is 1. The van der Waals surface area contributed by atoms with Gasteiger partial charge in [-0.15, -0.1) is 0 Å². The summed E-state index contributed by atoms with van der Waals surface area (Å²) in [7, 11) is 0. The highest BCUT2D eigenvalue weighted by Crippen LogP contribution is 2.29. The number of fused-ring (bicyclic) bond motifs is 1. The molecule has 1 N–H and O–H groups in total. The number of rotatable bonds is 2. The lowest BCUT2D eigenvalue weighted by Gasteiger charge is -2.14. The van der Waals surface area contributed by atoms with Gasteiger partial charge >= 0.3 is 5.97 Å². The summed E-state index contributed by atoms with van der Waals surface area (Å²) < 4.78 is 7.65. The number of hydrogen-bond donors (Lipinski definition) is 1. The average Bonchev–Trinajstić information content (AvgIpc) is 2.29. The summed E-state index contributed by atoms with van der Waals surface area (Å²) >= 11 is 1.31. The molecule has 0 aromatic carbocycles. The molecule has 0 saturated heterocycles. The fourth-order valence-corrected chi connectivity index (χ4v) is 1.74. The summed E-state index contributed by atoms with van der Waals surface area (Å²) in [5.74, 6) is -0.215. The topological polar surface area (TPSA) is 63.6 Å². The van der Waals surface area contributed by atoms with E-state index in [4.69, 9.17) is 4.74 Å². The van der Waals surface area contributed by atoms with Crippen LogP contribution >= 0.6 is 11.9 Å². The maximum Gasteiger partial charge on any atom is 0.374 e. The highest BCUT2D eigenvalue weighted by molar-refractivity contribution is 7.98. The zero-order chi connectivity index (χ0) is 10.7. The van der Waals surface area contributed by atoms with E-state index in [2.05, 4.69) is 14.7 Å². The van der Waals surface area contributed by atoms with Crippen molar-refractivity contribution in [2.75, 3.05) is 6.61 Å². The molecular formula is C9H9N3O2S. The zero-order valence-electron chi connectivity index (χ0n) is 8.06. The lowest BCUT2D eigenvalue weighted by Crippen LogP contribution is -2.29. The molecule has 0 unspecified atom stereocenters. The molecule has 78 valence electrons. The van der Waals surface area contributed by atoms with Crippen molar-refractivity contribution in [2.24, 2.45) is 4.99 Å². The van der Waals surface area contributed by atoms with Crippen LogP contribution in [0.5, 0.6) is 0 Å². The van der Waals surface area contributed by atoms with Gasteiger partial charge in [-0.2, -0.15) is 0 Å². The van der Waals surface area contributed by atoms with E-state index in [-0.39, 0.29) is 5.84 Å². The number of amidine groups is 1. The number of aliphatic imine (C=N–C) groups is 1. The smallest absolute Gasteiger partial charge is 0.374 e. The third kappa shape index (κ3) is 2.10. The first-order chi connectivity index (χ1) is 7.31. The van der Waals surface area contributed by atoms with Gasteiger partial charge in [0.15, 0.2) is 0 Å². The Morgan fingerprint density at radius 2 is 2.53 bits per heavy atom. The normalized spacial score (nSPS) is 13.5. The molecule has 1 aliphatic heterocycles. The van der Waals surface area contributed by atoms with Crippen molar-refractivity contribution in [2.45, 2.75) is 11.8 Å². The van der Waals surface area contributed by atoms with Crippen LogP contribution in [-0.4, -0.2) is 23.4 Å². The van der Waals surface area contributed by atoms with Crippen LogP contribution in [0.2, 0.25) is 0 Å². The van der Waals surface area contributed by atoms with Crippen molar-refractivity contribution in [3.8, 4) is 0 Å². The second-order valence-corrected chi connectivity index (χ2v) is 3.58. The van der Waals surface area contributed by atoms with E-state index < -0.39 is 5.97 Å². The molecule has 0 aliphatic carbocycles. The van der Waals surface area contributed by atoms with Crippen LogP contribution < -0.4 is 4.72 Å². The van der Waals surface area contributed by atoms with Gasteiger partial charge in [-0.25, -0.2) is 9.79 Å².